The van der Waals surface area contributed by atoms with E-state index < -0.39 is 12.0 Å². The van der Waals surface area contributed by atoms with Crippen LogP contribution in [0.3, 0.4) is 0 Å². The second-order valence-electron chi connectivity index (χ2n) is 5.10. The zero-order valence-corrected chi connectivity index (χ0v) is 10.00. The van der Waals surface area contributed by atoms with Crippen molar-refractivity contribution in [2.45, 2.75) is 40.7 Å². The van der Waals surface area contributed by atoms with Crippen molar-refractivity contribution in [3.05, 3.63) is 0 Å². The van der Waals surface area contributed by atoms with Crippen LogP contribution in [0.15, 0.2) is 0 Å². The van der Waals surface area contributed by atoms with Crippen molar-refractivity contribution in [1.29, 1.82) is 0 Å². The predicted molar refractivity (Wildman–Crippen MR) is 55.8 cm³/mol. The van der Waals surface area contributed by atoms with Crippen molar-refractivity contribution < 1.29 is 14.6 Å². The molecule has 0 aliphatic heterocycles. The van der Waals surface area contributed by atoms with E-state index in [1.807, 2.05) is 34.6 Å². The maximum Gasteiger partial charge on any atom is 0.311 e. The summed E-state index contributed by atoms with van der Waals surface area (Å²) in [6, 6.07) is 0. The molecule has 0 aromatic carbocycles. The summed E-state index contributed by atoms with van der Waals surface area (Å²) < 4.78 is 4.69. The lowest BCUT2D eigenvalue weighted by molar-refractivity contribution is -0.155. The van der Waals surface area contributed by atoms with E-state index in [2.05, 4.69) is 0 Å². The molecular formula is C11H22O3. The minimum atomic E-state index is -0.671. The second-order valence-corrected chi connectivity index (χ2v) is 5.10. The summed E-state index contributed by atoms with van der Waals surface area (Å²) in [7, 11) is 1.35. The second kappa shape index (κ2) is 4.78. The van der Waals surface area contributed by atoms with Gasteiger partial charge in [0.15, 0.2) is 0 Å². The van der Waals surface area contributed by atoms with Gasteiger partial charge in [-0.1, -0.05) is 34.6 Å². The van der Waals surface area contributed by atoms with Gasteiger partial charge in [0.05, 0.1) is 19.1 Å². The van der Waals surface area contributed by atoms with E-state index in [1.165, 1.54) is 7.11 Å². The highest BCUT2D eigenvalue weighted by Gasteiger charge is 2.37. The van der Waals surface area contributed by atoms with Gasteiger partial charge in [-0.3, -0.25) is 4.79 Å². The molecule has 0 aliphatic carbocycles. The van der Waals surface area contributed by atoms with Crippen molar-refractivity contribution in [1.82, 2.24) is 0 Å². The Morgan fingerprint density at radius 2 is 1.71 bits per heavy atom. The third kappa shape index (κ3) is 3.29. The number of carbonyl (C=O) groups is 1. The first-order valence-electron chi connectivity index (χ1n) is 4.97. The molecule has 0 radical (unpaired) electrons. The molecule has 0 aliphatic rings. The normalized spacial score (nSPS) is 16.6. The molecule has 0 aromatic rings. The van der Waals surface area contributed by atoms with Gasteiger partial charge in [0.2, 0.25) is 0 Å². The minimum Gasteiger partial charge on any atom is -0.469 e. The monoisotopic (exact) mass is 202 g/mol. The summed E-state index contributed by atoms with van der Waals surface area (Å²) in [5.41, 5.74) is -0.302. The van der Waals surface area contributed by atoms with Gasteiger partial charge in [0.25, 0.3) is 0 Å². The van der Waals surface area contributed by atoms with Gasteiger partial charge in [0.1, 0.15) is 0 Å². The quantitative estimate of drug-likeness (QED) is 0.710. The minimum absolute atomic E-state index is 0.0803. The topological polar surface area (TPSA) is 46.5 Å². The lowest BCUT2D eigenvalue weighted by Gasteiger charge is -2.33. The number of carbonyl (C=O) groups excluding carboxylic acids is 1. The van der Waals surface area contributed by atoms with Crippen LogP contribution in [-0.4, -0.2) is 24.3 Å². The molecule has 3 nitrogen and oxygen atoms in total. The number of aliphatic hydroxyl groups is 1. The maximum atomic E-state index is 11.5. The first-order chi connectivity index (χ1) is 6.21. The third-order valence-corrected chi connectivity index (χ3v) is 2.42. The van der Waals surface area contributed by atoms with Crippen LogP contribution < -0.4 is 0 Å². The van der Waals surface area contributed by atoms with Gasteiger partial charge in [-0.2, -0.15) is 0 Å². The summed E-state index contributed by atoms with van der Waals surface area (Å²) in [5, 5.41) is 10.0. The number of hydrogen-bond acceptors (Lipinski definition) is 3. The average molecular weight is 202 g/mol. The smallest absolute Gasteiger partial charge is 0.311 e. The van der Waals surface area contributed by atoms with Gasteiger partial charge in [0, 0.05) is 0 Å². The van der Waals surface area contributed by atoms with Crippen molar-refractivity contribution in [3.63, 3.8) is 0 Å². The summed E-state index contributed by atoms with van der Waals surface area (Å²) in [4.78, 5) is 11.5. The highest BCUT2D eigenvalue weighted by Crippen LogP contribution is 2.30. The van der Waals surface area contributed by atoms with E-state index in [0.717, 1.165) is 0 Å². The van der Waals surface area contributed by atoms with Crippen LogP contribution >= 0.6 is 0 Å². The van der Waals surface area contributed by atoms with Crippen LogP contribution in [0.25, 0.3) is 0 Å². The molecule has 0 amide bonds. The Bertz CT molecular complexity index is 191. The van der Waals surface area contributed by atoms with Gasteiger partial charge < -0.3 is 9.84 Å². The summed E-state index contributed by atoms with van der Waals surface area (Å²) in [5.74, 6) is -0.695. The Morgan fingerprint density at radius 3 is 1.93 bits per heavy atom. The molecule has 2 atom stereocenters. The Kier molecular flexibility index (Phi) is 4.59. The van der Waals surface area contributed by atoms with Gasteiger partial charge in [-0.25, -0.2) is 0 Å². The molecule has 0 fully saturated rings. The van der Waals surface area contributed by atoms with Gasteiger partial charge in [-0.15, -0.1) is 0 Å². The predicted octanol–water partition coefficient (Wildman–Crippen LogP) is 1.84. The first kappa shape index (κ1) is 13.4. The van der Waals surface area contributed by atoms with Crippen molar-refractivity contribution in [2.24, 2.45) is 17.3 Å². The molecule has 0 saturated heterocycles. The SMILES string of the molecule is COC(=O)C(C(C)C)C(O)C(C)(C)C. The van der Waals surface area contributed by atoms with E-state index in [0.29, 0.717) is 0 Å². The van der Waals surface area contributed by atoms with Crippen molar-refractivity contribution in [3.8, 4) is 0 Å². The Morgan fingerprint density at radius 1 is 1.29 bits per heavy atom. The van der Waals surface area contributed by atoms with Gasteiger partial charge >= 0.3 is 5.97 Å². The number of esters is 1. The van der Waals surface area contributed by atoms with Crippen LogP contribution in [-0.2, 0) is 9.53 Å². The standard InChI is InChI=1S/C11H22O3/c1-7(2)8(10(13)14-6)9(12)11(3,4)5/h7-9,12H,1-6H3. The summed E-state index contributed by atoms with van der Waals surface area (Å²) in [6.07, 6.45) is -0.671. The fourth-order valence-electron chi connectivity index (χ4n) is 1.44. The number of rotatable bonds is 3. The van der Waals surface area contributed by atoms with E-state index in [9.17, 15) is 9.90 Å². The first-order valence-corrected chi connectivity index (χ1v) is 4.97. The molecule has 0 heterocycles. The van der Waals surface area contributed by atoms with Gasteiger partial charge in [-0.05, 0) is 11.3 Å². The Hall–Kier alpha value is -0.570. The fraction of sp³-hybridized carbons (Fsp3) is 0.909. The number of aliphatic hydroxyl groups excluding tert-OH is 1. The van der Waals surface area contributed by atoms with Crippen LogP contribution in [0.2, 0.25) is 0 Å². The molecule has 84 valence electrons. The average Bonchev–Trinajstić information content (AvgIpc) is 2.01. The molecule has 0 rings (SSSR count). The molecule has 1 N–H and O–H groups in total. The zero-order chi connectivity index (χ0) is 11.5. The lowest BCUT2D eigenvalue weighted by atomic mass is 9.77. The van der Waals surface area contributed by atoms with E-state index in [1.54, 1.807) is 0 Å². The largest absolute Gasteiger partial charge is 0.469 e. The fourth-order valence-corrected chi connectivity index (χ4v) is 1.44. The number of ether oxygens (including phenoxy) is 1. The molecule has 3 heteroatoms. The van der Waals surface area contributed by atoms with Crippen LogP contribution in [0, 0.1) is 17.3 Å². The van der Waals surface area contributed by atoms with E-state index >= 15 is 0 Å². The Labute approximate surface area is 86.5 Å². The van der Waals surface area contributed by atoms with Crippen molar-refractivity contribution >= 4 is 5.97 Å². The third-order valence-electron chi connectivity index (χ3n) is 2.42. The molecular weight excluding hydrogens is 180 g/mol. The zero-order valence-electron chi connectivity index (χ0n) is 10.00. The molecule has 0 saturated carbocycles. The number of methoxy groups -OCH3 is 1. The van der Waals surface area contributed by atoms with Crippen LogP contribution in [0.4, 0.5) is 0 Å². The molecule has 0 aromatic heterocycles. The van der Waals surface area contributed by atoms with Crippen LogP contribution in [0.1, 0.15) is 34.6 Å². The maximum absolute atomic E-state index is 11.5. The highest BCUT2D eigenvalue weighted by molar-refractivity contribution is 5.73. The summed E-state index contributed by atoms with van der Waals surface area (Å²) in [6.45, 7) is 9.56. The molecule has 2 unspecified atom stereocenters. The molecule has 0 spiro atoms. The van der Waals surface area contributed by atoms with Crippen LogP contribution in [0.5, 0.6) is 0 Å². The van der Waals surface area contributed by atoms with Crippen molar-refractivity contribution in [2.75, 3.05) is 7.11 Å². The van der Waals surface area contributed by atoms with E-state index in [-0.39, 0.29) is 17.3 Å². The van der Waals surface area contributed by atoms with E-state index in [4.69, 9.17) is 4.74 Å². The lowest BCUT2D eigenvalue weighted by Crippen LogP contribution is -2.41. The highest BCUT2D eigenvalue weighted by atomic mass is 16.5. The molecule has 0 bridgehead atoms. The number of hydrogen-bond donors (Lipinski definition) is 1. The summed E-state index contributed by atoms with van der Waals surface area (Å²) >= 11 is 0. The Balaban J connectivity index is 4.75. The molecule has 14 heavy (non-hydrogen) atoms.